The predicted octanol–water partition coefficient (Wildman–Crippen LogP) is 2.12. The van der Waals surface area contributed by atoms with E-state index in [1.54, 1.807) is 11.0 Å². The molecule has 0 atom stereocenters. The third-order valence-electron chi connectivity index (χ3n) is 3.37. The summed E-state index contributed by atoms with van der Waals surface area (Å²) < 4.78 is 10.4. The number of carbonyl (C=O) groups is 1. The molecule has 2 heterocycles. The van der Waals surface area contributed by atoms with Gasteiger partial charge in [0.25, 0.3) is 5.91 Å². The van der Waals surface area contributed by atoms with Crippen molar-refractivity contribution >= 4 is 5.91 Å². The van der Waals surface area contributed by atoms with Gasteiger partial charge in [-0.15, -0.1) is 0 Å². The highest BCUT2D eigenvalue weighted by Crippen LogP contribution is 2.20. The molecule has 1 saturated heterocycles. The van der Waals surface area contributed by atoms with Gasteiger partial charge in [0.15, 0.2) is 0 Å². The fourth-order valence-corrected chi connectivity index (χ4v) is 2.16. The second-order valence-electron chi connectivity index (χ2n) is 4.85. The number of rotatable bonds is 2. The van der Waals surface area contributed by atoms with E-state index in [1.165, 1.54) is 5.56 Å². The number of nitrogens with zero attached hydrogens (tertiary/aromatic N) is 2. The number of hydrogen-bond acceptors (Lipinski definition) is 4. The predicted molar refractivity (Wildman–Crippen MR) is 73.4 cm³/mol. The fraction of sp³-hybridized carbons (Fsp3) is 0.333. The first kappa shape index (κ1) is 12.9. The van der Waals surface area contributed by atoms with Gasteiger partial charge in [0.05, 0.1) is 13.2 Å². The molecule has 2 aromatic rings. The van der Waals surface area contributed by atoms with Gasteiger partial charge < -0.3 is 14.2 Å². The molecule has 20 heavy (non-hydrogen) atoms. The van der Waals surface area contributed by atoms with Crippen LogP contribution in [0.2, 0.25) is 0 Å². The van der Waals surface area contributed by atoms with Crippen LogP contribution in [0.4, 0.5) is 0 Å². The van der Waals surface area contributed by atoms with Crippen molar-refractivity contribution < 1.29 is 14.1 Å². The highest BCUT2D eigenvalue weighted by atomic mass is 16.5. The Bertz CT molecular complexity index is 598. The first-order chi connectivity index (χ1) is 9.74. The van der Waals surface area contributed by atoms with Crippen LogP contribution in [0, 0.1) is 6.92 Å². The van der Waals surface area contributed by atoms with Crippen molar-refractivity contribution in [2.75, 3.05) is 26.3 Å². The van der Waals surface area contributed by atoms with E-state index in [1.807, 2.05) is 31.2 Å². The summed E-state index contributed by atoms with van der Waals surface area (Å²) in [6.45, 7) is 4.37. The number of aryl methyl sites for hydroxylation is 1. The molecule has 0 unspecified atom stereocenters. The Morgan fingerprint density at radius 2 is 1.90 bits per heavy atom. The summed E-state index contributed by atoms with van der Waals surface area (Å²) >= 11 is 0. The third kappa shape index (κ3) is 2.58. The van der Waals surface area contributed by atoms with Crippen LogP contribution in [-0.2, 0) is 4.74 Å². The number of hydrogen-bond donors (Lipinski definition) is 0. The first-order valence-electron chi connectivity index (χ1n) is 6.65. The maximum absolute atomic E-state index is 12.2. The van der Waals surface area contributed by atoms with E-state index in [2.05, 4.69) is 5.16 Å². The largest absolute Gasteiger partial charge is 0.378 e. The van der Waals surface area contributed by atoms with Gasteiger partial charge in [-0.1, -0.05) is 35.0 Å². The molecule has 0 radical (unpaired) electrons. The Balaban J connectivity index is 1.79. The molecule has 1 aliphatic heterocycles. The van der Waals surface area contributed by atoms with Gasteiger partial charge >= 0.3 is 0 Å². The van der Waals surface area contributed by atoms with Crippen molar-refractivity contribution in [1.82, 2.24) is 10.1 Å². The molecule has 1 amide bonds. The number of amides is 1. The third-order valence-corrected chi connectivity index (χ3v) is 3.37. The van der Waals surface area contributed by atoms with Gasteiger partial charge in [0.2, 0.25) is 5.76 Å². The molecule has 1 aromatic carbocycles. The van der Waals surface area contributed by atoms with E-state index < -0.39 is 0 Å². The minimum atomic E-state index is -0.126. The zero-order valence-electron chi connectivity index (χ0n) is 11.3. The average Bonchev–Trinajstić information content (AvgIpc) is 2.98. The van der Waals surface area contributed by atoms with E-state index >= 15 is 0 Å². The summed E-state index contributed by atoms with van der Waals surface area (Å²) in [5.41, 5.74) is 2.81. The van der Waals surface area contributed by atoms with Crippen LogP contribution < -0.4 is 0 Å². The van der Waals surface area contributed by atoms with Crippen molar-refractivity contribution in [1.29, 1.82) is 0 Å². The Labute approximate surface area is 117 Å². The molecule has 104 valence electrons. The molecule has 3 rings (SSSR count). The zero-order valence-corrected chi connectivity index (χ0v) is 11.3. The summed E-state index contributed by atoms with van der Waals surface area (Å²) in [5.74, 6) is 0.154. The lowest BCUT2D eigenvalue weighted by Crippen LogP contribution is -2.40. The lowest BCUT2D eigenvalue weighted by molar-refractivity contribution is 0.0277. The average molecular weight is 272 g/mol. The van der Waals surface area contributed by atoms with E-state index in [-0.39, 0.29) is 11.7 Å². The van der Waals surface area contributed by atoms with Crippen LogP contribution in [-0.4, -0.2) is 42.3 Å². The maximum Gasteiger partial charge on any atom is 0.292 e. The van der Waals surface area contributed by atoms with Crippen molar-refractivity contribution in [2.24, 2.45) is 0 Å². The lowest BCUT2D eigenvalue weighted by Gasteiger charge is -2.25. The molecule has 5 heteroatoms. The monoisotopic (exact) mass is 272 g/mol. The van der Waals surface area contributed by atoms with Gasteiger partial charge in [0.1, 0.15) is 5.69 Å². The zero-order chi connectivity index (χ0) is 13.9. The molecule has 0 saturated carbocycles. The van der Waals surface area contributed by atoms with Gasteiger partial charge in [-0.2, -0.15) is 0 Å². The Morgan fingerprint density at radius 3 is 2.60 bits per heavy atom. The molecule has 1 aromatic heterocycles. The summed E-state index contributed by atoms with van der Waals surface area (Å²) in [4.78, 5) is 14.0. The maximum atomic E-state index is 12.2. The van der Waals surface area contributed by atoms with Crippen LogP contribution >= 0.6 is 0 Å². The second kappa shape index (κ2) is 5.46. The SMILES string of the molecule is Cc1ccc(-c2cc(C(=O)N3CCOCC3)on2)cc1. The lowest BCUT2D eigenvalue weighted by atomic mass is 10.1. The quantitative estimate of drug-likeness (QED) is 0.840. The first-order valence-corrected chi connectivity index (χ1v) is 6.65. The molecular weight excluding hydrogens is 256 g/mol. The van der Waals surface area contributed by atoms with Crippen LogP contribution in [0.1, 0.15) is 16.1 Å². The fourth-order valence-electron chi connectivity index (χ4n) is 2.16. The van der Waals surface area contributed by atoms with Crippen LogP contribution in [0.25, 0.3) is 11.3 Å². The molecule has 0 N–H and O–H groups in total. The van der Waals surface area contributed by atoms with E-state index in [0.717, 1.165) is 5.56 Å². The van der Waals surface area contributed by atoms with Gasteiger partial charge in [0, 0.05) is 24.7 Å². The van der Waals surface area contributed by atoms with Crippen molar-refractivity contribution in [2.45, 2.75) is 6.92 Å². The number of morpholine rings is 1. The smallest absolute Gasteiger partial charge is 0.292 e. The molecule has 0 bridgehead atoms. The van der Waals surface area contributed by atoms with E-state index in [0.29, 0.717) is 32.0 Å². The minimum absolute atomic E-state index is 0.126. The summed E-state index contributed by atoms with van der Waals surface area (Å²) in [6.07, 6.45) is 0. The van der Waals surface area contributed by atoms with Crippen LogP contribution in [0.15, 0.2) is 34.9 Å². The Kier molecular flexibility index (Phi) is 3.52. The van der Waals surface area contributed by atoms with Crippen molar-refractivity contribution in [3.05, 3.63) is 41.7 Å². The standard InChI is InChI=1S/C15H16N2O3/c1-11-2-4-12(5-3-11)13-10-14(20-16-13)15(18)17-6-8-19-9-7-17/h2-5,10H,6-9H2,1H3. The molecule has 0 aliphatic carbocycles. The van der Waals surface area contributed by atoms with Gasteiger partial charge in [-0.3, -0.25) is 4.79 Å². The Morgan fingerprint density at radius 1 is 1.20 bits per heavy atom. The molecule has 1 fully saturated rings. The Hall–Kier alpha value is -2.14. The molecule has 0 spiro atoms. The number of aromatic nitrogens is 1. The second-order valence-corrected chi connectivity index (χ2v) is 4.85. The van der Waals surface area contributed by atoms with Crippen molar-refractivity contribution in [3.63, 3.8) is 0 Å². The topological polar surface area (TPSA) is 55.6 Å². The summed E-state index contributed by atoms with van der Waals surface area (Å²) in [5, 5.41) is 3.98. The van der Waals surface area contributed by atoms with Crippen LogP contribution in [0.5, 0.6) is 0 Å². The summed E-state index contributed by atoms with van der Waals surface area (Å²) in [7, 11) is 0. The van der Waals surface area contributed by atoms with Crippen LogP contribution in [0.3, 0.4) is 0 Å². The number of carbonyl (C=O) groups excluding carboxylic acids is 1. The highest BCUT2D eigenvalue weighted by molar-refractivity contribution is 5.92. The number of benzene rings is 1. The van der Waals surface area contributed by atoms with Gasteiger partial charge in [-0.05, 0) is 6.92 Å². The van der Waals surface area contributed by atoms with Crippen molar-refractivity contribution in [3.8, 4) is 11.3 Å². The normalized spacial score (nSPS) is 15.3. The molecule has 1 aliphatic rings. The van der Waals surface area contributed by atoms with Gasteiger partial charge in [-0.25, -0.2) is 0 Å². The molecule has 5 nitrogen and oxygen atoms in total. The molecular formula is C15H16N2O3. The minimum Gasteiger partial charge on any atom is -0.378 e. The highest BCUT2D eigenvalue weighted by Gasteiger charge is 2.22. The van der Waals surface area contributed by atoms with E-state index in [4.69, 9.17) is 9.26 Å². The summed E-state index contributed by atoms with van der Waals surface area (Å²) in [6, 6.07) is 9.65. The van der Waals surface area contributed by atoms with E-state index in [9.17, 15) is 4.79 Å². The number of ether oxygens (including phenoxy) is 1.